The van der Waals surface area contributed by atoms with Gasteiger partial charge in [-0.25, -0.2) is 9.78 Å². The maximum atomic E-state index is 10.9. The van der Waals surface area contributed by atoms with Crippen LogP contribution in [-0.2, 0) is 12.8 Å². The number of carboxylic acids is 1. The van der Waals surface area contributed by atoms with Crippen LogP contribution in [0.1, 0.15) is 28.0 Å². The summed E-state index contributed by atoms with van der Waals surface area (Å²) in [5, 5.41) is 8.92. The number of rotatable bonds is 1. The topological polar surface area (TPSA) is 50.2 Å². The summed E-state index contributed by atoms with van der Waals surface area (Å²) in [4.78, 5) is 15.1. The van der Waals surface area contributed by atoms with E-state index in [1.54, 1.807) is 6.07 Å². The van der Waals surface area contributed by atoms with Crippen molar-refractivity contribution in [1.29, 1.82) is 0 Å². The molecule has 1 aromatic rings. The summed E-state index contributed by atoms with van der Waals surface area (Å²) in [6.07, 6.45) is 2.76. The van der Waals surface area contributed by atoms with Crippen LogP contribution in [0.3, 0.4) is 0 Å². The molecule has 0 saturated carbocycles. The van der Waals surface area contributed by atoms with E-state index in [2.05, 4.69) is 20.9 Å². The minimum atomic E-state index is -0.860. The van der Waals surface area contributed by atoms with Gasteiger partial charge in [0.25, 0.3) is 0 Å². The molecule has 0 bridgehead atoms. The Bertz CT molecular complexity index is 376. The summed E-state index contributed by atoms with van der Waals surface area (Å²) in [5.74, 6) is -0.860. The van der Waals surface area contributed by atoms with Crippen LogP contribution < -0.4 is 0 Å². The van der Waals surface area contributed by atoms with Crippen LogP contribution in [-0.4, -0.2) is 16.1 Å². The molecule has 0 saturated heterocycles. The van der Waals surface area contributed by atoms with Gasteiger partial charge < -0.3 is 5.11 Å². The van der Waals surface area contributed by atoms with E-state index >= 15 is 0 Å². The van der Waals surface area contributed by atoms with E-state index in [4.69, 9.17) is 5.11 Å². The second-order valence-corrected chi connectivity index (χ2v) is 3.89. The van der Waals surface area contributed by atoms with Gasteiger partial charge in [-0.2, -0.15) is 0 Å². The Morgan fingerprint density at radius 1 is 1.54 bits per heavy atom. The van der Waals surface area contributed by atoms with Crippen LogP contribution in [0.2, 0.25) is 0 Å². The maximum absolute atomic E-state index is 10.9. The number of hydrogen-bond acceptors (Lipinski definition) is 2. The molecule has 1 aromatic heterocycles. The van der Waals surface area contributed by atoms with Gasteiger partial charge in [0, 0.05) is 5.69 Å². The molecule has 4 heteroatoms. The standard InChI is InChI=1S/C9H8BrNO2/c10-8-4-6(9(12)13)5-2-1-3-7(5)11-8/h4H,1-3H2,(H,12,13). The van der Waals surface area contributed by atoms with Crippen molar-refractivity contribution in [2.45, 2.75) is 19.3 Å². The first-order chi connectivity index (χ1) is 6.18. The van der Waals surface area contributed by atoms with E-state index < -0.39 is 5.97 Å². The van der Waals surface area contributed by atoms with E-state index in [0.29, 0.717) is 10.2 Å². The second kappa shape index (κ2) is 3.10. The zero-order valence-electron chi connectivity index (χ0n) is 6.88. The minimum Gasteiger partial charge on any atom is -0.478 e. The Kier molecular flexibility index (Phi) is 2.07. The predicted molar refractivity (Wildman–Crippen MR) is 50.9 cm³/mol. The van der Waals surface area contributed by atoms with Crippen molar-refractivity contribution >= 4 is 21.9 Å². The highest BCUT2D eigenvalue weighted by molar-refractivity contribution is 9.10. The van der Waals surface area contributed by atoms with E-state index in [0.717, 1.165) is 30.5 Å². The number of carbonyl (C=O) groups is 1. The van der Waals surface area contributed by atoms with Crippen molar-refractivity contribution in [2.24, 2.45) is 0 Å². The highest BCUT2D eigenvalue weighted by Crippen LogP contribution is 2.26. The Hall–Kier alpha value is -0.900. The number of aromatic nitrogens is 1. The number of hydrogen-bond donors (Lipinski definition) is 1. The molecular weight excluding hydrogens is 234 g/mol. The van der Waals surface area contributed by atoms with Gasteiger partial charge in [-0.3, -0.25) is 0 Å². The lowest BCUT2D eigenvalue weighted by atomic mass is 10.1. The average molecular weight is 242 g/mol. The van der Waals surface area contributed by atoms with E-state index in [1.165, 1.54) is 0 Å². The number of nitrogens with zero attached hydrogens (tertiary/aromatic N) is 1. The zero-order chi connectivity index (χ0) is 9.42. The molecule has 0 amide bonds. The predicted octanol–water partition coefficient (Wildman–Crippen LogP) is 2.03. The Balaban J connectivity index is 2.62. The SMILES string of the molecule is O=C(O)c1cc(Br)nc2c1CCC2. The van der Waals surface area contributed by atoms with E-state index in [1.807, 2.05) is 0 Å². The highest BCUT2D eigenvalue weighted by Gasteiger charge is 2.20. The van der Waals surface area contributed by atoms with Crippen LogP contribution in [0, 0.1) is 0 Å². The van der Waals surface area contributed by atoms with Crippen LogP contribution in [0.4, 0.5) is 0 Å². The van der Waals surface area contributed by atoms with Crippen LogP contribution in [0.5, 0.6) is 0 Å². The molecule has 0 atom stereocenters. The number of pyridine rings is 1. The minimum absolute atomic E-state index is 0.398. The summed E-state index contributed by atoms with van der Waals surface area (Å²) >= 11 is 3.21. The molecule has 1 aliphatic carbocycles. The largest absolute Gasteiger partial charge is 0.478 e. The third-order valence-corrected chi connectivity index (χ3v) is 2.66. The van der Waals surface area contributed by atoms with Crippen molar-refractivity contribution in [1.82, 2.24) is 4.98 Å². The summed E-state index contributed by atoms with van der Waals surface area (Å²) in [7, 11) is 0. The highest BCUT2D eigenvalue weighted by atomic mass is 79.9. The molecule has 0 fully saturated rings. The molecule has 0 spiro atoms. The van der Waals surface area contributed by atoms with Crippen molar-refractivity contribution in [3.8, 4) is 0 Å². The normalized spacial score (nSPS) is 14.2. The molecule has 0 aliphatic heterocycles. The molecule has 0 radical (unpaired) electrons. The second-order valence-electron chi connectivity index (χ2n) is 3.08. The maximum Gasteiger partial charge on any atom is 0.336 e. The Morgan fingerprint density at radius 2 is 2.31 bits per heavy atom. The number of fused-ring (bicyclic) bond motifs is 1. The molecule has 68 valence electrons. The van der Waals surface area contributed by atoms with Crippen molar-refractivity contribution in [3.05, 3.63) is 27.5 Å². The van der Waals surface area contributed by atoms with Crippen molar-refractivity contribution in [2.75, 3.05) is 0 Å². The van der Waals surface area contributed by atoms with Gasteiger partial charge >= 0.3 is 5.97 Å². The first-order valence-corrected chi connectivity index (χ1v) is 4.89. The van der Waals surface area contributed by atoms with Gasteiger partial charge in [0.05, 0.1) is 5.56 Å². The molecule has 2 rings (SSSR count). The molecule has 1 N–H and O–H groups in total. The lowest BCUT2D eigenvalue weighted by Crippen LogP contribution is -2.03. The monoisotopic (exact) mass is 241 g/mol. The van der Waals surface area contributed by atoms with Crippen LogP contribution >= 0.6 is 15.9 Å². The molecule has 13 heavy (non-hydrogen) atoms. The summed E-state index contributed by atoms with van der Waals surface area (Å²) in [6, 6.07) is 1.58. The molecule has 0 aromatic carbocycles. The fraction of sp³-hybridized carbons (Fsp3) is 0.333. The van der Waals surface area contributed by atoms with E-state index in [9.17, 15) is 4.79 Å². The summed E-state index contributed by atoms with van der Waals surface area (Å²) in [5.41, 5.74) is 2.25. The van der Waals surface area contributed by atoms with Gasteiger partial charge in [0.15, 0.2) is 0 Å². The third kappa shape index (κ3) is 1.46. The third-order valence-electron chi connectivity index (χ3n) is 2.25. The molecule has 3 nitrogen and oxygen atoms in total. The smallest absolute Gasteiger partial charge is 0.336 e. The number of aryl methyl sites for hydroxylation is 1. The van der Waals surface area contributed by atoms with Gasteiger partial charge in [-0.1, -0.05) is 0 Å². The first-order valence-electron chi connectivity index (χ1n) is 4.10. The summed E-state index contributed by atoms with van der Waals surface area (Å²) < 4.78 is 0.616. The van der Waals surface area contributed by atoms with Crippen molar-refractivity contribution in [3.63, 3.8) is 0 Å². The quantitative estimate of drug-likeness (QED) is 0.766. The Morgan fingerprint density at radius 3 is 3.00 bits per heavy atom. The van der Waals surface area contributed by atoms with Crippen molar-refractivity contribution < 1.29 is 9.90 Å². The molecule has 1 heterocycles. The number of carboxylic acid groups (broad SMARTS) is 1. The lowest BCUT2D eigenvalue weighted by Gasteiger charge is -2.03. The first kappa shape index (κ1) is 8.69. The van der Waals surface area contributed by atoms with Crippen LogP contribution in [0.25, 0.3) is 0 Å². The van der Waals surface area contributed by atoms with Gasteiger partial charge in [0.1, 0.15) is 4.60 Å². The lowest BCUT2D eigenvalue weighted by molar-refractivity contribution is 0.0695. The van der Waals surface area contributed by atoms with Gasteiger partial charge in [-0.05, 0) is 46.8 Å². The fourth-order valence-corrected chi connectivity index (χ4v) is 2.14. The number of aromatic carboxylic acids is 1. The molecular formula is C9H8BrNO2. The average Bonchev–Trinajstić information content (AvgIpc) is 2.49. The number of halogens is 1. The molecule has 0 unspecified atom stereocenters. The molecule has 1 aliphatic rings. The zero-order valence-corrected chi connectivity index (χ0v) is 8.47. The fourth-order valence-electron chi connectivity index (χ4n) is 1.70. The Labute approximate surface area is 83.9 Å². The van der Waals surface area contributed by atoms with Gasteiger partial charge in [0.2, 0.25) is 0 Å². The summed E-state index contributed by atoms with van der Waals surface area (Å²) in [6.45, 7) is 0. The van der Waals surface area contributed by atoms with E-state index in [-0.39, 0.29) is 0 Å². The van der Waals surface area contributed by atoms with Gasteiger partial charge in [-0.15, -0.1) is 0 Å². The van der Waals surface area contributed by atoms with Crippen LogP contribution in [0.15, 0.2) is 10.7 Å².